The molecule has 0 saturated heterocycles. The zero-order chi connectivity index (χ0) is 13.2. The molecule has 2 nitrogen and oxygen atoms in total. The third-order valence-electron chi connectivity index (χ3n) is 4.77. The largest absolute Gasteiger partial charge is 0.310 e. The topological polar surface area (TPSA) is 29.1 Å². The number of carbonyl (C=O) groups excluding carboxylic acids is 1. The molecule has 0 radical (unpaired) electrons. The first-order valence-electron chi connectivity index (χ1n) is 7.14. The molecule has 1 aliphatic carbocycles. The van der Waals surface area contributed by atoms with Crippen molar-refractivity contribution in [1.29, 1.82) is 0 Å². The van der Waals surface area contributed by atoms with Crippen LogP contribution in [-0.2, 0) is 4.79 Å². The lowest BCUT2D eigenvalue weighted by molar-refractivity contribution is -0.124. The summed E-state index contributed by atoms with van der Waals surface area (Å²) in [5, 5.41) is 3.23. The van der Waals surface area contributed by atoms with E-state index in [1.807, 2.05) is 7.05 Å². The molecule has 1 saturated carbocycles. The summed E-state index contributed by atoms with van der Waals surface area (Å²) in [6.45, 7) is 11.1. The van der Waals surface area contributed by atoms with E-state index in [1.165, 1.54) is 6.42 Å². The highest BCUT2D eigenvalue weighted by atomic mass is 16.1. The lowest BCUT2D eigenvalue weighted by atomic mass is 9.85. The van der Waals surface area contributed by atoms with Crippen molar-refractivity contribution in [2.45, 2.75) is 53.5 Å². The summed E-state index contributed by atoms with van der Waals surface area (Å²) in [7, 11) is 1.92. The number of ketones is 1. The monoisotopic (exact) mass is 239 g/mol. The van der Waals surface area contributed by atoms with E-state index in [0.29, 0.717) is 35.4 Å². The molecule has 2 heteroatoms. The van der Waals surface area contributed by atoms with Gasteiger partial charge in [0.15, 0.2) is 5.78 Å². The minimum absolute atomic E-state index is 0.0501. The summed E-state index contributed by atoms with van der Waals surface area (Å²) in [4.78, 5) is 12.5. The molecule has 0 aromatic carbocycles. The normalized spacial score (nSPS) is 28.9. The second-order valence-electron chi connectivity index (χ2n) is 6.16. The highest BCUT2D eigenvalue weighted by Gasteiger charge is 2.47. The molecule has 0 amide bonds. The highest BCUT2D eigenvalue weighted by Crippen LogP contribution is 2.47. The molecule has 1 fully saturated rings. The summed E-state index contributed by atoms with van der Waals surface area (Å²) in [6, 6.07) is 0.0501. The maximum Gasteiger partial charge on any atom is 0.153 e. The first kappa shape index (κ1) is 14.7. The van der Waals surface area contributed by atoms with Crippen molar-refractivity contribution in [1.82, 2.24) is 5.32 Å². The minimum Gasteiger partial charge on any atom is -0.310 e. The van der Waals surface area contributed by atoms with E-state index in [0.717, 1.165) is 6.42 Å². The Morgan fingerprint density at radius 2 is 1.88 bits per heavy atom. The summed E-state index contributed by atoms with van der Waals surface area (Å²) in [6.07, 6.45) is 2.31. The standard InChI is InChI=1S/C15H29NO/c1-7-10(4)12-8-13(12)15(17)14(16-6)11(5)9(2)3/h9-14,16H,7-8H2,1-6H3. The molecular weight excluding hydrogens is 210 g/mol. The predicted molar refractivity (Wildman–Crippen MR) is 72.9 cm³/mol. The maximum absolute atomic E-state index is 12.5. The molecule has 0 heterocycles. The molecule has 0 spiro atoms. The van der Waals surface area contributed by atoms with Crippen molar-refractivity contribution in [2.24, 2.45) is 29.6 Å². The molecule has 0 bridgehead atoms. The van der Waals surface area contributed by atoms with Crippen molar-refractivity contribution >= 4 is 5.78 Å². The molecule has 0 aromatic rings. The molecule has 1 rings (SSSR count). The highest BCUT2D eigenvalue weighted by molar-refractivity contribution is 5.89. The quantitative estimate of drug-likeness (QED) is 0.739. The van der Waals surface area contributed by atoms with E-state index in [4.69, 9.17) is 0 Å². The van der Waals surface area contributed by atoms with Gasteiger partial charge in [0.2, 0.25) is 0 Å². The average molecular weight is 239 g/mol. The van der Waals surface area contributed by atoms with Crippen LogP contribution in [0, 0.1) is 29.6 Å². The van der Waals surface area contributed by atoms with Gasteiger partial charge < -0.3 is 5.32 Å². The third-order valence-corrected chi connectivity index (χ3v) is 4.77. The molecular formula is C15H29NO. The van der Waals surface area contributed by atoms with Crippen molar-refractivity contribution in [2.75, 3.05) is 7.05 Å². The van der Waals surface area contributed by atoms with Crippen LogP contribution in [0.5, 0.6) is 0 Å². The molecule has 5 unspecified atom stereocenters. The SMILES string of the molecule is CCC(C)C1CC1C(=O)C(NC)C(C)C(C)C. The Morgan fingerprint density at radius 3 is 2.29 bits per heavy atom. The Balaban J connectivity index is 2.58. The minimum atomic E-state index is 0.0501. The number of Topliss-reactive ketones (excluding diaryl/α,β-unsaturated/α-hetero) is 1. The van der Waals surface area contributed by atoms with Crippen LogP contribution in [0.15, 0.2) is 0 Å². The van der Waals surface area contributed by atoms with Crippen LogP contribution in [0.2, 0.25) is 0 Å². The van der Waals surface area contributed by atoms with Gasteiger partial charge in [0.05, 0.1) is 6.04 Å². The Hall–Kier alpha value is -0.370. The fourth-order valence-electron chi connectivity index (χ4n) is 2.75. The molecule has 17 heavy (non-hydrogen) atoms. The number of likely N-dealkylation sites (N-methyl/N-ethyl adjacent to an activating group) is 1. The predicted octanol–water partition coefficient (Wildman–Crippen LogP) is 3.12. The van der Waals surface area contributed by atoms with Crippen LogP contribution >= 0.6 is 0 Å². The van der Waals surface area contributed by atoms with E-state index in [9.17, 15) is 4.79 Å². The fraction of sp³-hybridized carbons (Fsp3) is 0.933. The van der Waals surface area contributed by atoms with Crippen molar-refractivity contribution in [3.63, 3.8) is 0 Å². The lowest BCUT2D eigenvalue weighted by Gasteiger charge is -2.25. The third kappa shape index (κ3) is 3.31. The van der Waals surface area contributed by atoms with Crippen LogP contribution in [0.25, 0.3) is 0 Å². The van der Waals surface area contributed by atoms with Gasteiger partial charge in [0, 0.05) is 5.92 Å². The van der Waals surface area contributed by atoms with Gasteiger partial charge in [-0.3, -0.25) is 4.79 Å². The van der Waals surface area contributed by atoms with Gasteiger partial charge in [-0.2, -0.15) is 0 Å². The maximum atomic E-state index is 12.5. The first-order chi connectivity index (χ1) is 7.93. The average Bonchev–Trinajstić information content (AvgIpc) is 3.08. The summed E-state index contributed by atoms with van der Waals surface area (Å²) < 4.78 is 0. The van der Waals surface area contributed by atoms with Gasteiger partial charge in [-0.1, -0.05) is 41.0 Å². The number of nitrogens with one attached hydrogen (secondary N) is 1. The Bertz CT molecular complexity index is 262. The Kier molecular flexibility index (Phi) is 5.18. The van der Waals surface area contributed by atoms with Gasteiger partial charge in [0.25, 0.3) is 0 Å². The van der Waals surface area contributed by atoms with Crippen LogP contribution < -0.4 is 5.32 Å². The van der Waals surface area contributed by atoms with E-state index < -0.39 is 0 Å². The van der Waals surface area contributed by atoms with E-state index >= 15 is 0 Å². The molecule has 5 atom stereocenters. The Morgan fingerprint density at radius 1 is 1.29 bits per heavy atom. The van der Waals surface area contributed by atoms with Crippen LogP contribution in [0.4, 0.5) is 0 Å². The molecule has 0 aromatic heterocycles. The first-order valence-corrected chi connectivity index (χ1v) is 7.14. The van der Waals surface area contributed by atoms with Gasteiger partial charge in [0.1, 0.15) is 0 Å². The smallest absolute Gasteiger partial charge is 0.153 e. The number of carbonyl (C=O) groups is 1. The van der Waals surface area contributed by atoms with Gasteiger partial charge in [-0.25, -0.2) is 0 Å². The van der Waals surface area contributed by atoms with Crippen LogP contribution in [0.1, 0.15) is 47.5 Å². The fourth-order valence-corrected chi connectivity index (χ4v) is 2.75. The second-order valence-corrected chi connectivity index (χ2v) is 6.16. The van der Waals surface area contributed by atoms with E-state index in [1.54, 1.807) is 0 Å². The van der Waals surface area contributed by atoms with Crippen LogP contribution in [-0.4, -0.2) is 18.9 Å². The van der Waals surface area contributed by atoms with Crippen molar-refractivity contribution in [3.05, 3.63) is 0 Å². The molecule has 1 N–H and O–H groups in total. The van der Waals surface area contributed by atoms with Crippen molar-refractivity contribution < 1.29 is 4.79 Å². The van der Waals surface area contributed by atoms with Crippen LogP contribution in [0.3, 0.4) is 0 Å². The summed E-state index contributed by atoms with van der Waals surface area (Å²) >= 11 is 0. The molecule has 0 aliphatic heterocycles. The van der Waals surface area contributed by atoms with E-state index in [-0.39, 0.29) is 6.04 Å². The molecule has 100 valence electrons. The summed E-state index contributed by atoms with van der Waals surface area (Å²) in [5.41, 5.74) is 0. The number of rotatable bonds is 7. The molecule has 1 aliphatic rings. The zero-order valence-corrected chi connectivity index (χ0v) is 12.3. The number of hydrogen-bond acceptors (Lipinski definition) is 2. The van der Waals surface area contributed by atoms with Gasteiger partial charge >= 0.3 is 0 Å². The summed E-state index contributed by atoms with van der Waals surface area (Å²) in [5.74, 6) is 3.13. The van der Waals surface area contributed by atoms with Gasteiger partial charge in [-0.15, -0.1) is 0 Å². The van der Waals surface area contributed by atoms with Crippen molar-refractivity contribution in [3.8, 4) is 0 Å². The second kappa shape index (κ2) is 5.99. The Labute approximate surface area is 107 Å². The number of hydrogen-bond donors (Lipinski definition) is 1. The lowest BCUT2D eigenvalue weighted by Crippen LogP contribution is -2.43. The van der Waals surface area contributed by atoms with Gasteiger partial charge in [-0.05, 0) is 37.1 Å². The zero-order valence-electron chi connectivity index (χ0n) is 12.3. The van der Waals surface area contributed by atoms with E-state index in [2.05, 4.69) is 39.9 Å².